The van der Waals surface area contributed by atoms with Gasteiger partial charge >= 0.3 is 39.5 Å². The molecule has 0 aliphatic rings. The molecular formula is C66H128O17P2. The Labute approximate surface area is 517 Å². The first-order valence-electron chi connectivity index (χ1n) is 34.2. The van der Waals surface area contributed by atoms with E-state index in [-0.39, 0.29) is 25.7 Å². The largest absolute Gasteiger partial charge is 0.472 e. The van der Waals surface area contributed by atoms with Gasteiger partial charge in [0.1, 0.15) is 19.3 Å². The molecule has 0 spiro atoms. The van der Waals surface area contributed by atoms with E-state index < -0.39 is 97.5 Å². The predicted octanol–water partition coefficient (Wildman–Crippen LogP) is 18.1. The summed E-state index contributed by atoms with van der Waals surface area (Å²) >= 11 is 0. The number of hydrogen-bond acceptors (Lipinski definition) is 15. The van der Waals surface area contributed by atoms with Crippen LogP contribution in [0.2, 0.25) is 0 Å². The minimum Gasteiger partial charge on any atom is -0.462 e. The molecular weight excluding hydrogens is 1130 g/mol. The molecule has 85 heavy (non-hydrogen) atoms. The van der Waals surface area contributed by atoms with Crippen LogP contribution in [-0.4, -0.2) is 96.7 Å². The maximum Gasteiger partial charge on any atom is 0.472 e. The first-order valence-corrected chi connectivity index (χ1v) is 37.2. The van der Waals surface area contributed by atoms with Gasteiger partial charge in [0.15, 0.2) is 12.2 Å². The first kappa shape index (κ1) is 83.1. The maximum atomic E-state index is 13.0. The van der Waals surface area contributed by atoms with Crippen molar-refractivity contribution in [3.63, 3.8) is 0 Å². The molecule has 0 aromatic carbocycles. The number of rotatable bonds is 63. The van der Waals surface area contributed by atoms with Gasteiger partial charge in [-0.15, -0.1) is 0 Å². The number of hydrogen-bond donors (Lipinski definition) is 3. The number of carbonyl (C=O) groups is 4. The van der Waals surface area contributed by atoms with Gasteiger partial charge in [-0.05, 0) is 49.4 Å². The van der Waals surface area contributed by atoms with Crippen LogP contribution in [0.15, 0.2) is 0 Å². The van der Waals surface area contributed by atoms with Crippen LogP contribution in [0, 0.1) is 23.7 Å². The van der Waals surface area contributed by atoms with Crippen LogP contribution in [-0.2, 0) is 65.4 Å². The fourth-order valence-electron chi connectivity index (χ4n) is 9.75. The number of phosphoric ester groups is 2. The molecule has 0 saturated carbocycles. The van der Waals surface area contributed by atoms with E-state index in [0.717, 1.165) is 114 Å². The lowest BCUT2D eigenvalue weighted by molar-refractivity contribution is -0.161. The van der Waals surface area contributed by atoms with E-state index in [4.69, 9.17) is 37.0 Å². The molecule has 0 aromatic heterocycles. The summed E-state index contributed by atoms with van der Waals surface area (Å²) in [7, 11) is -9.89. The number of esters is 4. The van der Waals surface area contributed by atoms with Crippen molar-refractivity contribution in [1.29, 1.82) is 0 Å². The van der Waals surface area contributed by atoms with Crippen molar-refractivity contribution in [2.75, 3.05) is 39.6 Å². The van der Waals surface area contributed by atoms with Gasteiger partial charge in [0.25, 0.3) is 0 Å². The molecule has 6 atom stereocenters. The Kier molecular flexibility index (Phi) is 54.8. The molecule has 0 amide bonds. The Morgan fingerprint density at radius 1 is 0.329 bits per heavy atom. The summed E-state index contributed by atoms with van der Waals surface area (Å²) < 4.78 is 68.1. The van der Waals surface area contributed by atoms with Crippen molar-refractivity contribution >= 4 is 39.5 Å². The highest BCUT2D eigenvalue weighted by Crippen LogP contribution is 2.45. The molecule has 3 N–H and O–H groups in total. The summed E-state index contributed by atoms with van der Waals surface area (Å²) in [6, 6.07) is 0. The molecule has 0 aromatic rings. The fourth-order valence-corrected chi connectivity index (χ4v) is 11.3. The summed E-state index contributed by atoms with van der Waals surface area (Å²) in [6.45, 7) is 14.0. The lowest BCUT2D eigenvalue weighted by atomic mass is 9.99. The molecule has 4 unspecified atom stereocenters. The SMILES string of the molecule is CCC(C)CCCCCCCCCCC(=O)O[C@H](COC(=O)CCCCCCCCCC(C)C)COP(=O)(O)OCC(O)COP(=O)(O)OC[C@@H](COC(=O)CCCCCCCCCCCC(C)C)OC(=O)CCCCCCCCCCC(C)C. The number of phosphoric acid groups is 2. The van der Waals surface area contributed by atoms with Crippen molar-refractivity contribution in [3.8, 4) is 0 Å². The topological polar surface area (TPSA) is 237 Å². The third-order valence-corrected chi connectivity index (χ3v) is 17.3. The second kappa shape index (κ2) is 56.1. The Balaban J connectivity index is 5.26. The second-order valence-electron chi connectivity index (χ2n) is 25.5. The lowest BCUT2D eigenvalue weighted by Crippen LogP contribution is -2.30. The van der Waals surface area contributed by atoms with Crippen molar-refractivity contribution in [3.05, 3.63) is 0 Å². The van der Waals surface area contributed by atoms with Gasteiger partial charge in [-0.25, -0.2) is 9.13 Å². The Morgan fingerprint density at radius 2 is 0.565 bits per heavy atom. The average molecular weight is 1260 g/mol. The van der Waals surface area contributed by atoms with E-state index in [0.29, 0.717) is 31.6 Å². The molecule has 0 aliphatic heterocycles. The number of aliphatic hydroxyl groups excluding tert-OH is 1. The molecule has 0 heterocycles. The molecule has 0 radical (unpaired) electrons. The molecule has 0 aliphatic carbocycles. The molecule has 0 rings (SSSR count). The predicted molar refractivity (Wildman–Crippen MR) is 340 cm³/mol. The quantitative estimate of drug-likeness (QED) is 0.0222. The standard InChI is InChI=1S/C66H128O17P2/c1-9-59(8)45-37-29-21-14-16-24-33-41-49-66(71)83-62(53-77-64(69)47-39-31-25-17-20-28-36-44-58(6)7)55-81-85(74,75)79-51-60(67)50-78-84(72,73)80-54-61(82-65(70)48-40-32-23-15-13-19-27-35-43-57(4)5)52-76-63(68)46-38-30-22-12-10-11-18-26-34-42-56(2)3/h56-62,67H,9-55H2,1-8H3,(H,72,73)(H,74,75)/t59?,60?,61-,62-/m1/s1. The van der Waals surface area contributed by atoms with Crippen LogP contribution in [0.4, 0.5) is 0 Å². The molecule has 0 fully saturated rings. The van der Waals surface area contributed by atoms with Gasteiger partial charge in [0, 0.05) is 25.7 Å². The van der Waals surface area contributed by atoms with E-state index in [2.05, 4.69) is 55.4 Å². The summed E-state index contributed by atoms with van der Waals surface area (Å²) in [5, 5.41) is 10.6. The molecule has 17 nitrogen and oxygen atoms in total. The molecule has 504 valence electrons. The average Bonchev–Trinajstić information content (AvgIpc) is 3.52. The van der Waals surface area contributed by atoms with Crippen LogP contribution >= 0.6 is 15.6 Å². The summed E-state index contributed by atoms with van der Waals surface area (Å²) in [5.74, 6) is 0.798. The van der Waals surface area contributed by atoms with Crippen LogP contribution in [0.1, 0.15) is 319 Å². The zero-order chi connectivity index (χ0) is 63.2. The number of unbranched alkanes of at least 4 members (excludes halogenated alkanes) is 28. The third-order valence-electron chi connectivity index (χ3n) is 15.4. The van der Waals surface area contributed by atoms with Crippen LogP contribution in [0.5, 0.6) is 0 Å². The molecule has 0 bridgehead atoms. The lowest BCUT2D eigenvalue weighted by Gasteiger charge is -2.21. The Morgan fingerprint density at radius 3 is 0.835 bits per heavy atom. The van der Waals surface area contributed by atoms with Crippen LogP contribution < -0.4 is 0 Å². The minimum atomic E-state index is -4.95. The van der Waals surface area contributed by atoms with Gasteiger partial charge in [-0.1, -0.05) is 267 Å². The van der Waals surface area contributed by atoms with Gasteiger partial charge < -0.3 is 33.8 Å². The van der Waals surface area contributed by atoms with Gasteiger partial charge in [-0.2, -0.15) is 0 Å². The highest BCUT2D eigenvalue weighted by molar-refractivity contribution is 7.47. The highest BCUT2D eigenvalue weighted by atomic mass is 31.2. The highest BCUT2D eigenvalue weighted by Gasteiger charge is 2.30. The van der Waals surface area contributed by atoms with Gasteiger partial charge in [-0.3, -0.25) is 37.3 Å². The number of ether oxygens (including phenoxy) is 4. The van der Waals surface area contributed by atoms with Crippen molar-refractivity contribution < 1.29 is 80.2 Å². The van der Waals surface area contributed by atoms with Gasteiger partial charge in [0.05, 0.1) is 26.4 Å². The van der Waals surface area contributed by atoms with E-state index in [1.807, 2.05) is 0 Å². The van der Waals surface area contributed by atoms with E-state index in [9.17, 15) is 43.2 Å². The fraction of sp³-hybridized carbons (Fsp3) is 0.939. The van der Waals surface area contributed by atoms with Crippen molar-refractivity contribution in [2.45, 2.75) is 337 Å². The first-order chi connectivity index (χ1) is 40.6. The van der Waals surface area contributed by atoms with E-state index >= 15 is 0 Å². The zero-order valence-electron chi connectivity index (χ0n) is 55.2. The minimum absolute atomic E-state index is 0.103. The number of aliphatic hydroxyl groups is 1. The third kappa shape index (κ3) is 59.5. The summed E-state index contributed by atoms with van der Waals surface area (Å²) in [4.78, 5) is 72.3. The Bertz CT molecular complexity index is 1700. The smallest absolute Gasteiger partial charge is 0.462 e. The number of carbonyl (C=O) groups excluding carboxylic acids is 4. The van der Waals surface area contributed by atoms with Gasteiger partial charge in [0.2, 0.25) is 0 Å². The van der Waals surface area contributed by atoms with Crippen LogP contribution in [0.3, 0.4) is 0 Å². The second-order valence-corrected chi connectivity index (χ2v) is 28.4. The van der Waals surface area contributed by atoms with E-state index in [1.54, 1.807) is 0 Å². The van der Waals surface area contributed by atoms with Crippen molar-refractivity contribution in [1.82, 2.24) is 0 Å². The van der Waals surface area contributed by atoms with Crippen molar-refractivity contribution in [2.24, 2.45) is 23.7 Å². The zero-order valence-corrected chi connectivity index (χ0v) is 57.0. The van der Waals surface area contributed by atoms with Crippen LogP contribution in [0.25, 0.3) is 0 Å². The molecule has 19 heteroatoms. The normalized spacial score (nSPS) is 14.7. The van der Waals surface area contributed by atoms with E-state index in [1.165, 1.54) is 116 Å². The monoisotopic (exact) mass is 1250 g/mol. The summed E-state index contributed by atoms with van der Waals surface area (Å²) in [6.07, 6.45) is 36.3. The molecule has 0 saturated heterocycles. The summed E-state index contributed by atoms with van der Waals surface area (Å²) in [5.41, 5.74) is 0. The Hall–Kier alpha value is -1.94. The maximum absolute atomic E-state index is 13.0.